The molecule has 1 aliphatic heterocycles. The monoisotopic (exact) mass is 306 g/mol. The molecule has 0 amide bonds. The van der Waals surface area contributed by atoms with Crippen LogP contribution in [0, 0.1) is 13.8 Å². The molecule has 0 saturated carbocycles. The first kappa shape index (κ1) is 17.3. The Labute approximate surface area is 134 Å². The minimum absolute atomic E-state index is 0.393. The summed E-state index contributed by atoms with van der Waals surface area (Å²) in [5.41, 5.74) is 3.32. The van der Waals surface area contributed by atoms with E-state index in [2.05, 4.69) is 31.0 Å². The molecular formula is C18H30N2O2. The van der Waals surface area contributed by atoms with Crippen molar-refractivity contribution in [1.29, 1.82) is 0 Å². The van der Waals surface area contributed by atoms with Gasteiger partial charge in [-0.25, -0.2) is 0 Å². The predicted octanol–water partition coefficient (Wildman–Crippen LogP) is 2.42. The molecule has 1 saturated heterocycles. The zero-order chi connectivity index (χ0) is 15.9. The van der Waals surface area contributed by atoms with Crippen LogP contribution in [0.2, 0.25) is 0 Å². The van der Waals surface area contributed by atoms with E-state index in [-0.39, 0.29) is 0 Å². The van der Waals surface area contributed by atoms with Crippen molar-refractivity contribution in [2.75, 3.05) is 39.3 Å². The van der Waals surface area contributed by atoms with Crippen molar-refractivity contribution in [2.45, 2.75) is 39.7 Å². The number of nitrogens with zero attached hydrogens (tertiary/aromatic N) is 1. The summed E-state index contributed by atoms with van der Waals surface area (Å²) in [6.45, 7) is 12.2. The number of hydrogen-bond donors (Lipinski definition) is 2. The number of aliphatic hydroxyl groups is 1. The van der Waals surface area contributed by atoms with Crippen molar-refractivity contribution < 1.29 is 9.84 Å². The van der Waals surface area contributed by atoms with Gasteiger partial charge in [-0.2, -0.15) is 0 Å². The highest BCUT2D eigenvalue weighted by molar-refractivity contribution is 5.42. The molecule has 2 rings (SSSR count). The van der Waals surface area contributed by atoms with E-state index in [0.29, 0.717) is 0 Å². The zero-order valence-electron chi connectivity index (χ0n) is 14.2. The lowest BCUT2D eigenvalue weighted by atomic mass is 9.95. The van der Waals surface area contributed by atoms with Gasteiger partial charge in [0.2, 0.25) is 0 Å². The van der Waals surface area contributed by atoms with Crippen LogP contribution in [0.5, 0.6) is 5.75 Å². The largest absolute Gasteiger partial charge is 0.494 e. The van der Waals surface area contributed by atoms with Crippen LogP contribution in [-0.4, -0.2) is 49.3 Å². The third-order valence-electron chi connectivity index (χ3n) is 4.30. The molecule has 4 heteroatoms. The highest BCUT2D eigenvalue weighted by Crippen LogP contribution is 2.29. The maximum absolute atomic E-state index is 10.6. The Hall–Kier alpha value is -1.10. The SMILES string of the molecule is CCCOc1cc(C)c(C(O)CCN2CCNCC2)c(C)c1. The molecule has 0 radical (unpaired) electrons. The topological polar surface area (TPSA) is 44.7 Å². The summed E-state index contributed by atoms with van der Waals surface area (Å²) in [5.74, 6) is 0.912. The Morgan fingerprint density at radius 3 is 2.45 bits per heavy atom. The van der Waals surface area contributed by atoms with Crippen LogP contribution in [0.1, 0.15) is 42.6 Å². The molecule has 1 aromatic rings. The van der Waals surface area contributed by atoms with E-state index < -0.39 is 6.10 Å². The molecule has 1 atom stereocenters. The second-order valence-electron chi connectivity index (χ2n) is 6.22. The summed E-state index contributed by atoms with van der Waals surface area (Å²) >= 11 is 0. The number of rotatable bonds is 7. The molecule has 0 aromatic heterocycles. The van der Waals surface area contributed by atoms with Gasteiger partial charge in [0, 0.05) is 32.7 Å². The van der Waals surface area contributed by atoms with Gasteiger partial charge < -0.3 is 20.1 Å². The summed E-state index contributed by atoms with van der Waals surface area (Å²) in [6.07, 6.45) is 1.40. The van der Waals surface area contributed by atoms with Gasteiger partial charge in [0.15, 0.2) is 0 Å². The molecule has 1 fully saturated rings. The summed E-state index contributed by atoms with van der Waals surface area (Å²) in [5, 5.41) is 14.0. The van der Waals surface area contributed by atoms with E-state index in [1.165, 1.54) is 0 Å². The third kappa shape index (κ3) is 4.70. The lowest BCUT2D eigenvalue weighted by Crippen LogP contribution is -2.44. The van der Waals surface area contributed by atoms with Crippen LogP contribution in [-0.2, 0) is 0 Å². The van der Waals surface area contributed by atoms with Gasteiger partial charge in [-0.15, -0.1) is 0 Å². The summed E-state index contributed by atoms with van der Waals surface area (Å²) < 4.78 is 5.71. The Balaban J connectivity index is 1.97. The van der Waals surface area contributed by atoms with E-state index in [1.807, 2.05) is 12.1 Å². The fourth-order valence-corrected chi connectivity index (χ4v) is 3.15. The molecule has 1 unspecified atom stereocenters. The minimum atomic E-state index is -0.393. The Morgan fingerprint density at radius 1 is 1.23 bits per heavy atom. The van der Waals surface area contributed by atoms with Gasteiger partial charge in [0.25, 0.3) is 0 Å². The van der Waals surface area contributed by atoms with Crippen molar-refractivity contribution in [3.63, 3.8) is 0 Å². The van der Waals surface area contributed by atoms with Crippen molar-refractivity contribution in [2.24, 2.45) is 0 Å². The lowest BCUT2D eigenvalue weighted by molar-refractivity contribution is 0.135. The van der Waals surface area contributed by atoms with Gasteiger partial charge in [-0.1, -0.05) is 6.92 Å². The van der Waals surface area contributed by atoms with E-state index in [4.69, 9.17) is 4.74 Å². The van der Waals surface area contributed by atoms with Gasteiger partial charge in [0.1, 0.15) is 5.75 Å². The van der Waals surface area contributed by atoms with Gasteiger partial charge in [-0.3, -0.25) is 0 Å². The highest BCUT2D eigenvalue weighted by Gasteiger charge is 2.17. The van der Waals surface area contributed by atoms with E-state index in [9.17, 15) is 5.11 Å². The molecule has 1 aromatic carbocycles. The molecule has 0 spiro atoms. The molecule has 22 heavy (non-hydrogen) atoms. The van der Waals surface area contributed by atoms with Crippen molar-refractivity contribution >= 4 is 0 Å². The quantitative estimate of drug-likeness (QED) is 0.812. The number of piperazine rings is 1. The number of aryl methyl sites for hydroxylation is 2. The molecule has 2 N–H and O–H groups in total. The van der Waals surface area contributed by atoms with Crippen molar-refractivity contribution in [3.8, 4) is 5.75 Å². The lowest BCUT2D eigenvalue weighted by Gasteiger charge is -2.28. The standard InChI is InChI=1S/C18H30N2O2/c1-4-11-22-16-12-14(2)18(15(3)13-16)17(21)5-8-20-9-6-19-7-10-20/h12-13,17,19,21H,4-11H2,1-3H3. The number of hydrogen-bond acceptors (Lipinski definition) is 4. The van der Waals surface area contributed by atoms with Crippen LogP contribution in [0.3, 0.4) is 0 Å². The van der Waals surface area contributed by atoms with Crippen LogP contribution in [0.15, 0.2) is 12.1 Å². The number of aliphatic hydroxyl groups excluding tert-OH is 1. The first-order chi connectivity index (χ1) is 10.6. The number of benzene rings is 1. The second kappa shape index (κ2) is 8.51. The Kier molecular flexibility index (Phi) is 6.68. The molecule has 0 bridgehead atoms. The fraction of sp³-hybridized carbons (Fsp3) is 0.667. The number of nitrogens with one attached hydrogen (secondary N) is 1. The molecule has 0 aliphatic carbocycles. The molecular weight excluding hydrogens is 276 g/mol. The van der Waals surface area contributed by atoms with Crippen molar-refractivity contribution in [3.05, 3.63) is 28.8 Å². The predicted molar refractivity (Wildman–Crippen MR) is 90.6 cm³/mol. The normalized spacial score (nSPS) is 17.5. The maximum atomic E-state index is 10.6. The summed E-state index contributed by atoms with van der Waals surface area (Å²) in [6, 6.07) is 4.10. The van der Waals surface area contributed by atoms with Gasteiger partial charge >= 0.3 is 0 Å². The molecule has 4 nitrogen and oxygen atoms in total. The first-order valence-electron chi connectivity index (χ1n) is 8.47. The van der Waals surface area contributed by atoms with Crippen LogP contribution in [0.25, 0.3) is 0 Å². The Bertz CT molecular complexity index is 447. The van der Waals surface area contributed by atoms with Crippen LogP contribution < -0.4 is 10.1 Å². The minimum Gasteiger partial charge on any atom is -0.494 e. The van der Waals surface area contributed by atoms with E-state index in [1.54, 1.807) is 0 Å². The molecule has 1 aliphatic rings. The maximum Gasteiger partial charge on any atom is 0.119 e. The molecule has 124 valence electrons. The van der Waals surface area contributed by atoms with Crippen molar-refractivity contribution in [1.82, 2.24) is 10.2 Å². The highest BCUT2D eigenvalue weighted by atomic mass is 16.5. The average Bonchev–Trinajstić information content (AvgIpc) is 2.51. The second-order valence-corrected chi connectivity index (χ2v) is 6.22. The van der Waals surface area contributed by atoms with Gasteiger partial charge in [-0.05, 0) is 55.5 Å². The summed E-state index contributed by atoms with van der Waals surface area (Å²) in [4.78, 5) is 2.42. The number of ether oxygens (including phenoxy) is 1. The van der Waals surface area contributed by atoms with Gasteiger partial charge in [0.05, 0.1) is 12.7 Å². The molecule has 1 heterocycles. The first-order valence-corrected chi connectivity index (χ1v) is 8.47. The zero-order valence-corrected chi connectivity index (χ0v) is 14.2. The Morgan fingerprint density at radius 2 is 1.86 bits per heavy atom. The van der Waals surface area contributed by atoms with Crippen LogP contribution >= 0.6 is 0 Å². The third-order valence-corrected chi connectivity index (χ3v) is 4.30. The fourth-order valence-electron chi connectivity index (χ4n) is 3.15. The van der Waals surface area contributed by atoms with E-state index in [0.717, 1.165) is 74.6 Å². The van der Waals surface area contributed by atoms with E-state index >= 15 is 0 Å². The average molecular weight is 306 g/mol. The summed E-state index contributed by atoms with van der Waals surface area (Å²) in [7, 11) is 0. The smallest absolute Gasteiger partial charge is 0.119 e. The van der Waals surface area contributed by atoms with Crippen LogP contribution in [0.4, 0.5) is 0 Å².